The molecule has 168 valence electrons. The van der Waals surface area contributed by atoms with Crippen LogP contribution in [0.3, 0.4) is 0 Å². The third-order valence-electron chi connectivity index (χ3n) is 5.00. The molecule has 2 N–H and O–H groups in total. The van der Waals surface area contributed by atoms with Gasteiger partial charge in [-0.05, 0) is 36.6 Å². The van der Waals surface area contributed by atoms with Crippen LogP contribution in [0.4, 0.5) is 5.69 Å². The van der Waals surface area contributed by atoms with Gasteiger partial charge in [0.2, 0.25) is 5.91 Å². The van der Waals surface area contributed by atoms with E-state index in [0.717, 1.165) is 12.1 Å². The summed E-state index contributed by atoms with van der Waals surface area (Å²) in [7, 11) is 3.34. The molecule has 1 heterocycles. The van der Waals surface area contributed by atoms with E-state index >= 15 is 0 Å². The minimum Gasteiger partial charge on any atom is -0.493 e. The predicted octanol–water partition coefficient (Wildman–Crippen LogP) is 4.02. The maximum atomic E-state index is 12.5. The molecule has 3 rings (SSSR count). The number of nitrogens with one attached hydrogen (secondary N) is 2. The Morgan fingerprint density at radius 3 is 2.45 bits per heavy atom. The predicted molar refractivity (Wildman–Crippen MR) is 134 cm³/mol. The number of benzene rings is 2. The van der Waals surface area contributed by atoms with Gasteiger partial charge in [0.1, 0.15) is 0 Å². The van der Waals surface area contributed by atoms with E-state index in [-0.39, 0.29) is 29.9 Å². The van der Waals surface area contributed by atoms with E-state index in [9.17, 15) is 4.79 Å². The molecular weight excluding hydrogens is 507 g/mol. The van der Waals surface area contributed by atoms with Gasteiger partial charge in [0, 0.05) is 44.9 Å². The number of hydrogen-bond acceptors (Lipinski definition) is 4. The quantitative estimate of drug-likeness (QED) is 0.230. The maximum Gasteiger partial charge on any atom is 0.223 e. The number of amides is 1. The van der Waals surface area contributed by atoms with Crippen LogP contribution in [-0.2, 0) is 17.9 Å². The van der Waals surface area contributed by atoms with Crippen LogP contribution in [0.25, 0.3) is 0 Å². The Labute approximate surface area is 201 Å². The van der Waals surface area contributed by atoms with Crippen molar-refractivity contribution in [3.63, 3.8) is 0 Å². The molecule has 0 unspecified atom stereocenters. The molecule has 0 aromatic heterocycles. The molecule has 1 aliphatic heterocycles. The van der Waals surface area contributed by atoms with E-state index in [1.165, 1.54) is 11.1 Å². The molecule has 1 amide bonds. The van der Waals surface area contributed by atoms with Crippen molar-refractivity contribution in [2.45, 2.75) is 32.9 Å². The van der Waals surface area contributed by atoms with Gasteiger partial charge in [0.25, 0.3) is 0 Å². The van der Waals surface area contributed by atoms with E-state index in [0.29, 0.717) is 50.1 Å². The standard InChI is InChI=1S/C23H30N4O3.HI/c1-4-30-21-14-19(11-12-20(21)29-3)26-23(24-2)25-13-7-10-22(28)27-15-17-8-5-6-9-18(17)16-27;/h5-6,8-9,11-12,14H,4,7,10,13,15-16H2,1-3H3,(H2,24,25,26);1H. The number of aliphatic imine (C=N–C) groups is 1. The number of rotatable bonds is 8. The van der Waals surface area contributed by atoms with Crippen molar-refractivity contribution in [3.8, 4) is 11.5 Å². The van der Waals surface area contributed by atoms with Gasteiger partial charge in [0.15, 0.2) is 17.5 Å². The SMILES string of the molecule is CCOc1cc(NC(=NC)NCCCC(=O)N2Cc3ccccc3C2)ccc1OC.I. The van der Waals surface area contributed by atoms with Gasteiger partial charge in [-0.15, -0.1) is 24.0 Å². The summed E-state index contributed by atoms with van der Waals surface area (Å²) < 4.78 is 10.9. The van der Waals surface area contributed by atoms with E-state index in [2.05, 4.69) is 27.8 Å². The zero-order valence-electron chi connectivity index (χ0n) is 18.3. The number of carbonyl (C=O) groups excluding carboxylic acids is 1. The highest BCUT2D eigenvalue weighted by Crippen LogP contribution is 2.30. The topological polar surface area (TPSA) is 75.2 Å². The van der Waals surface area contributed by atoms with Crippen LogP contribution in [-0.4, -0.2) is 44.1 Å². The number of guanidine groups is 1. The first kappa shape index (κ1) is 24.8. The molecule has 0 saturated heterocycles. The second-order valence-corrected chi connectivity index (χ2v) is 7.04. The molecule has 1 aliphatic rings. The highest BCUT2D eigenvalue weighted by atomic mass is 127. The molecule has 0 bridgehead atoms. The Balaban J connectivity index is 0.00000341. The summed E-state index contributed by atoms with van der Waals surface area (Å²) in [5.74, 6) is 2.20. The van der Waals surface area contributed by atoms with Gasteiger partial charge in [-0.25, -0.2) is 0 Å². The lowest BCUT2D eigenvalue weighted by atomic mass is 10.1. The van der Waals surface area contributed by atoms with Gasteiger partial charge < -0.3 is 25.0 Å². The molecule has 8 heteroatoms. The first-order valence-electron chi connectivity index (χ1n) is 10.3. The Kier molecular flexibility index (Phi) is 9.90. The Bertz CT molecular complexity index is 879. The van der Waals surface area contributed by atoms with E-state index in [1.807, 2.05) is 42.2 Å². The fourth-order valence-electron chi connectivity index (χ4n) is 3.45. The minimum atomic E-state index is 0. The summed E-state index contributed by atoms with van der Waals surface area (Å²) in [6.07, 6.45) is 1.24. The van der Waals surface area contributed by atoms with Crippen LogP contribution in [0.1, 0.15) is 30.9 Å². The second-order valence-electron chi connectivity index (χ2n) is 7.04. The average molecular weight is 538 g/mol. The van der Waals surface area contributed by atoms with Crippen molar-refractivity contribution in [1.82, 2.24) is 10.2 Å². The van der Waals surface area contributed by atoms with Crippen molar-refractivity contribution in [2.75, 3.05) is 32.6 Å². The largest absolute Gasteiger partial charge is 0.493 e. The third kappa shape index (κ3) is 6.75. The minimum absolute atomic E-state index is 0. The number of halogens is 1. The fourth-order valence-corrected chi connectivity index (χ4v) is 3.45. The molecule has 2 aromatic rings. The van der Waals surface area contributed by atoms with Crippen molar-refractivity contribution >= 4 is 41.5 Å². The molecule has 0 aliphatic carbocycles. The number of methoxy groups -OCH3 is 1. The van der Waals surface area contributed by atoms with Gasteiger partial charge in [-0.3, -0.25) is 9.79 Å². The van der Waals surface area contributed by atoms with Crippen molar-refractivity contribution in [1.29, 1.82) is 0 Å². The summed E-state index contributed by atoms with van der Waals surface area (Å²) in [6, 6.07) is 13.9. The van der Waals surface area contributed by atoms with E-state index < -0.39 is 0 Å². The van der Waals surface area contributed by atoms with Crippen LogP contribution in [0.2, 0.25) is 0 Å². The van der Waals surface area contributed by atoms with Gasteiger partial charge in [-0.2, -0.15) is 0 Å². The van der Waals surface area contributed by atoms with Crippen molar-refractivity contribution in [3.05, 3.63) is 53.6 Å². The lowest BCUT2D eigenvalue weighted by Gasteiger charge is -2.16. The first-order chi connectivity index (χ1) is 14.6. The number of ether oxygens (including phenoxy) is 2. The normalized spacial score (nSPS) is 12.6. The molecule has 31 heavy (non-hydrogen) atoms. The summed E-state index contributed by atoms with van der Waals surface area (Å²) in [5.41, 5.74) is 3.34. The summed E-state index contributed by atoms with van der Waals surface area (Å²) in [5, 5.41) is 6.50. The Morgan fingerprint density at radius 1 is 1.13 bits per heavy atom. The Hall–Kier alpha value is -2.49. The van der Waals surface area contributed by atoms with Crippen LogP contribution < -0.4 is 20.1 Å². The van der Waals surface area contributed by atoms with Crippen LogP contribution in [0.5, 0.6) is 11.5 Å². The smallest absolute Gasteiger partial charge is 0.223 e. The highest BCUT2D eigenvalue weighted by molar-refractivity contribution is 14.0. The number of anilines is 1. The van der Waals surface area contributed by atoms with Crippen LogP contribution in [0, 0.1) is 0 Å². The molecule has 7 nitrogen and oxygen atoms in total. The number of nitrogens with zero attached hydrogens (tertiary/aromatic N) is 2. The molecule has 0 atom stereocenters. The molecule has 2 aromatic carbocycles. The second kappa shape index (κ2) is 12.4. The highest BCUT2D eigenvalue weighted by Gasteiger charge is 2.22. The Morgan fingerprint density at radius 2 is 1.84 bits per heavy atom. The fraction of sp³-hybridized carbons (Fsp3) is 0.391. The molecule has 0 spiro atoms. The third-order valence-corrected chi connectivity index (χ3v) is 5.00. The summed E-state index contributed by atoms with van der Waals surface area (Å²) >= 11 is 0. The monoisotopic (exact) mass is 538 g/mol. The summed E-state index contributed by atoms with van der Waals surface area (Å²) in [4.78, 5) is 18.7. The zero-order valence-corrected chi connectivity index (χ0v) is 20.6. The number of hydrogen-bond donors (Lipinski definition) is 2. The maximum absolute atomic E-state index is 12.5. The van der Waals surface area contributed by atoms with Crippen LogP contribution >= 0.6 is 24.0 Å². The van der Waals surface area contributed by atoms with Gasteiger partial charge >= 0.3 is 0 Å². The van der Waals surface area contributed by atoms with Crippen molar-refractivity contribution < 1.29 is 14.3 Å². The lowest BCUT2D eigenvalue weighted by molar-refractivity contribution is -0.131. The first-order valence-corrected chi connectivity index (χ1v) is 10.3. The zero-order chi connectivity index (χ0) is 21.3. The molecular formula is C23H31IN4O3. The summed E-state index contributed by atoms with van der Waals surface area (Å²) in [6.45, 7) is 4.57. The molecule has 0 fully saturated rings. The number of carbonyl (C=O) groups is 1. The molecule has 0 saturated carbocycles. The van der Waals surface area contributed by atoms with E-state index in [4.69, 9.17) is 9.47 Å². The average Bonchev–Trinajstić information content (AvgIpc) is 3.20. The van der Waals surface area contributed by atoms with E-state index in [1.54, 1.807) is 14.2 Å². The van der Waals surface area contributed by atoms with Gasteiger partial charge in [-0.1, -0.05) is 24.3 Å². The van der Waals surface area contributed by atoms with Crippen LogP contribution in [0.15, 0.2) is 47.5 Å². The molecule has 0 radical (unpaired) electrons. The number of fused-ring (bicyclic) bond motifs is 1. The van der Waals surface area contributed by atoms with Crippen molar-refractivity contribution in [2.24, 2.45) is 4.99 Å². The van der Waals surface area contributed by atoms with Gasteiger partial charge in [0.05, 0.1) is 13.7 Å². The lowest BCUT2D eigenvalue weighted by Crippen LogP contribution is -2.32.